The topological polar surface area (TPSA) is 44.5 Å². The van der Waals surface area contributed by atoms with Crippen LogP contribution in [-0.4, -0.2) is 32.0 Å². The SMILES string of the molecule is COC1CCCC(OCCC2CCCC2N)C1. The summed E-state index contributed by atoms with van der Waals surface area (Å²) in [7, 11) is 1.81. The molecule has 2 aliphatic rings. The minimum atomic E-state index is 0.419. The van der Waals surface area contributed by atoms with Gasteiger partial charge >= 0.3 is 0 Å². The average Bonchev–Trinajstić information content (AvgIpc) is 2.76. The quantitative estimate of drug-likeness (QED) is 0.804. The Hall–Kier alpha value is -0.120. The van der Waals surface area contributed by atoms with Crippen molar-refractivity contribution in [3.8, 4) is 0 Å². The van der Waals surface area contributed by atoms with Crippen molar-refractivity contribution in [2.75, 3.05) is 13.7 Å². The molecule has 3 nitrogen and oxygen atoms in total. The summed E-state index contributed by atoms with van der Waals surface area (Å²) in [6.45, 7) is 0.888. The summed E-state index contributed by atoms with van der Waals surface area (Å²) in [6, 6.07) is 0.427. The third kappa shape index (κ3) is 3.94. The molecule has 4 atom stereocenters. The summed E-state index contributed by atoms with van der Waals surface area (Å²) >= 11 is 0. The van der Waals surface area contributed by atoms with E-state index in [2.05, 4.69) is 0 Å². The Morgan fingerprint density at radius 2 is 1.82 bits per heavy atom. The van der Waals surface area contributed by atoms with Gasteiger partial charge in [-0.15, -0.1) is 0 Å². The van der Waals surface area contributed by atoms with E-state index in [1.807, 2.05) is 7.11 Å². The molecule has 0 radical (unpaired) electrons. The summed E-state index contributed by atoms with van der Waals surface area (Å²) < 4.78 is 11.4. The van der Waals surface area contributed by atoms with Crippen molar-refractivity contribution in [2.24, 2.45) is 11.7 Å². The maximum atomic E-state index is 6.07. The standard InChI is InChI=1S/C14H27NO2/c1-16-12-5-3-6-13(10-12)17-9-8-11-4-2-7-14(11)15/h11-14H,2-10,15H2,1H3. The molecule has 100 valence electrons. The lowest BCUT2D eigenvalue weighted by atomic mass is 9.94. The zero-order chi connectivity index (χ0) is 12.1. The second-order valence-corrected chi connectivity index (χ2v) is 5.66. The molecule has 2 fully saturated rings. The molecule has 0 heterocycles. The molecular weight excluding hydrogens is 214 g/mol. The van der Waals surface area contributed by atoms with E-state index < -0.39 is 0 Å². The van der Waals surface area contributed by atoms with Gasteiger partial charge in [0, 0.05) is 19.8 Å². The molecule has 0 bridgehead atoms. The molecule has 2 aliphatic carbocycles. The van der Waals surface area contributed by atoms with Gasteiger partial charge in [0.1, 0.15) is 0 Å². The third-order valence-electron chi connectivity index (χ3n) is 4.47. The highest BCUT2D eigenvalue weighted by molar-refractivity contribution is 4.80. The van der Waals surface area contributed by atoms with Crippen molar-refractivity contribution in [1.29, 1.82) is 0 Å². The van der Waals surface area contributed by atoms with E-state index >= 15 is 0 Å². The molecule has 4 unspecified atom stereocenters. The lowest BCUT2D eigenvalue weighted by Gasteiger charge is -2.28. The van der Waals surface area contributed by atoms with Crippen molar-refractivity contribution in [1.82, 2.24) is 0 Å². The van der Waals surface area contributed by atoms with Crippen LogP contribution in [0.5, 0.6) is 0 Å². The summed E-state index contributed by atoms with van der Waals surface area (Å²) in [5, 5.41) is 0. The molecule has 0 spiro atoms. The smallest absolute Gasteiger partial charge is 0.0599 e. The van der Waals surface area contributed by atoms with Crippen LogP contribution in [-0.2, 0) is 9.47 Å². The van der Waals surface area contributed by atoms with E-state index in [0.717, 1.165) is 19.4 Å². The van der Waals surface area contributed by atoms with Crippen LogP contribution in [0.1, 0.15) is 51.4 Å². The van der Waals surface area contributed by atoms with Gasteiger partial charge in [-0.05, 0) is 50.9 Å². The number of methoxy groups -OCH3 is 1. The van der Waals surface area contributed by atoms with Crippen molar-refractivity contribution in [2.45, 2.75) is 69.6 Å². The molecule has 0 aliphatic heterocycles. The average molecular weight is 241 g/mol. The van der Waals surface area contributed by atoms with Crippen molar-refractivity contribution in [3.05, 3.63) is 0 Å². The Morgan fingerprint density at radius 1 is 1.06 bits per heavy atom. The summed E-state index contributed by atoms with van der Waals surface area (Å²) in [5.41, 5.74) is 6.07. The maximum absolute atomic E-state index is 6.07. The van der Waals surface area contributed by atoms with Crippen LogP contribution in [0.15, 0.2) is 0 Å². The predicted molar refractivity (Wildman–Crippen MR) is 68.9 cm³/mol. The number of hydrogen-bond acceptors (Lipinski definition) is 3. The fraction of sp³-hybridized carbons (Fsp3) is 1.00. The van der Waals surface area contributed by atoms with Gasteiger partial charge in [0.2, 0.25) is 0 Å². The first-order valence-corrected chi connectivity index (χ1v) is 7.19. The number of ether oxygens (including phenoxy) is 2. The van der Waals surface area contributed by atoms with Gasteiger partial charge in [-0.25, -0.2) is 0 Å². The molecule has 0 aromatic heterocycles. The highest BCUT2D eigenvalue weighted by Gasteiger charge is 2.25. The number of nitrogens with two attached hydrogens (primary N) is 1. The highest BCUT2D eigenvalue weighted by atomic mass is 16.5. The molecule has 2 saturated carbocycles. The largest absolute Gasteiger partial charge is 0.381 e. The Balaban J connectivity index is 1.61. The first-order chi connectivity index (χ1) is 8.29. The molecule has 2 N–H and O–H groups in total. The van der Waals surface area contributed by atoms with Gasteiger partial charge < -0.3 is 15.2 Å². The lowest BCUT2D eigenvalue weighted by Crippen LogP contribution is -2.29. The van der Waals surface area contributed by atoms with Crippen LogP contribution in [0.3, 0.4) is 0 Å². The van der Waals surface area contributed by atoms with Crippen molar-refractivity contribution in [3.63, 3.8) is 0 Å². The molecule has 0 amide bonds. The second kappa shape index (κ2) is 6.72. The van der Waals surface area contributed by atoms with Gasteiger partial charge in [-0.3, -0.25) is 0 Å². The second-order valence-electron chi connectivity index (χ2n) is 5.66. The zero-order valence-corrected chi connectivity index (χ0v) is 11.1. The molecule has 0 aromatic carbocycles. The van der Waals surface area contributed by atoms with E-state index in [0.29, 0.717) is 24.2 Å². The van der Waals surface area contributed by atoms with E-state index in [4.69, 9.17) is 15.2 Å². The van der Waals surface area contributed by atoms with Gasteiger partial charge in [0.15, 0.2) is 0 Å². The summed E-state index contributed by atoms with van der Waals surface area (Å²) in [6.07, 6.45) is 10.5. The van der Waals surface area contributed by atoms with Crippen LogP contribution >= 0.6 is 0 Å². The fourth-order valence-corrected chi connectivity index (χ4v) is 3.28. The Kier molecular flexibility index (Phi) is 5.26. The molecular formula is C14H27NO2. The van der Waals surface area contributed by atoms with Gasteiger partial charge in [0.05, 0.1) is 12.2 Å². The van der Waals surface area contributed by atoms with E-state index in [1.54, 1.807) is 0 Å². The number of hydrogen-bond donors (Lipinski definition) is 1. The molecule has 0 aromatic rings. The van der Waals surface area contributed by atoms with E-state index in [-0.39, 0.29) is 0 Å². The Morgan fingerprint density at radius 3 is 2.53 bits per heavy atom. The van der Waals surface area contributed by atoms with Gasteiger partial charge in [0.25, 0.3) is 0 Å². The van der Waals surface area contributed by atoms with E-state index in [1.165, 1.54) is 38.5 Å². The molecule has 0 saturated heterocycles. The van der Waals surface area contributed by atoms with Crippen molar-refractivity contribution >= 4 is 0 Å². The number of rotatable bonds is 5. The summed E-state index contributed by atoms with van der Waals surface area (Å²) in [5.74, 6) is 0.705. The van der Waals surface area contributed by atoms with Crippen LogP contribution in [0.25, 0.3) is 0 Å². The first kappa shape index (κ1) is 13.3. The fourth-order valence-electron chi connectivity index (χ4n) is 3.28. The van der Waals surface area contributed by atoms with E-state index in [9.17, 15) is 0 Å². The van der Waals surface area contributed by atoms with Crippen LogP contribution in [0.4, 0.5) is 0 Å². The maximum Gasteiger partial charge on any atom is 0.0599 e. The zero-order valence-electron chi connectivity index (χ0n) is 11.1. The molecule has 2 rings (SSSR count). The monoisotopic (exact) mass is 241 g/mol. The normalized spacial score (nSPS) is 38.5. The van der Waals surface area contributed by atoms with Crippen LogP contribution in [0, 0.1) is 5.92 Å². The highest BCUT2D eigenvalue weighted by Crippen LogP contribution is 2.28. The predicted octanol–water partition coefficient (Wildman–Crippen LogP) is 2.48. The van der Waals surface area contributed by atoms with Crippen LogP contribution < -0.4 is 5.73 Å². The first-order valence-electron chi connectivity index (χ1n) is 7.19. The minimum Gasteiger partial charge on any atom is -0.381 e. The summed E-state index contributed by atoms with van der Waals surface area (Å²) in [4.78, 5) is 0. The molecule has 3 heteroatoms. The molecule has 17 heavy (non-hydrogen) atoms. The third-order valence-corrected chi connectivity index (χ3v) is 4.47. The van der Waals surface area contributed by atoms with Crippen molar-refractivity contribution < 1.29 is 9.47 Å². The lowest BCUT2D eigenvalue weighted by molar-refractivity contribution is -0.0328. The van der Waals surface area contributed by atoms with Gasteiger partial charge in [-0.1, -0.05) is 6.42 Å². The van der Waals surface area contributed by atoms with Crippen LogP contribution in [0.2, 0.25) is 0 Å². The Bertz CT molecular complexity index is 222. The minimum absolute atomic E-state index is 0.419. The Labute approximate surface area is 105 Å². The van der Waals surface area contributed by atoms with Gasteiger partial charge in [-0.2, -0.15) is 0 Å².